The summed E-state index contributed by atoms with van der Waals surface area (Å²) in [7, 11) is 1.49. The number of carbonyl (C=O) groups excluding carboxylic acids is 2. The summed E-state index contributed by atoms with van der Waals surface area (Å²) in [5.74, 6) is -1.24. The van der Waals surface area contributed by atoms with Gasteiger partial charge in [0.05, 0.1) is 6.61 Å². The Labute approximate surface area is 112 Å². The molecule has 7 nitrogen and oxygen atoms in total. The zero-order valence-corrected chi connectivity index (χ0v) is 11.6. The molecule has 0 radical (unpaired) electrons. The van der Waals surface area contributed by atoms with Gasteiger partial charge in [-0.25, -0.2) is 4.79 Å². The summed E-state index contributed by atoms with van der Waals surface area (Å²) in [6, 6.07) is -0.379. The number of aliphatic carboxylic acids is 1. The lowest BCUT2D eigenvalue weighted by Gasteiger charge is -2.18. The van der Waals surface area contributed by atoms with Gasteiger partial charge in [-0.1, -0.05) is 6.92 Å². The SMILES string of the molecule is CCOC(=O)CN(C)C(=O)NCC(C)CCC(=O)O. The first-order valence-electron chi connectivity index (χ1n) is 6.23. The maximum Gasteiger partial charge on any atom is 0.325 e. The van der Waals surface area contributed by atoms with Crippen LogP contribution in [-0.2, 0) is 14.3 Å². The van der Waals surface area contributed by atoms with Crippen LogP contribution in [0.25, 0.3) is 0 Å². The van der Waals surface area contributed by atoms with Crippen molar-refractivity contribution in [2.24, 2.45) is 5.92 Å². The number of carbonyl (C=O) groups is 3. The van der Waals surface area contributed by atoms with E-state index in [-0.39, 0.29) is 31.5 Å². The molecule has 1 unspecified atom stereocenters. The molecule has 0 spiro atoms. The molecule has 0 heterocycles. The van der Waals surface area contributed by atoms with Crippen LogP contribution >= 0.6 is 0 Å². The highest BCUT2D eigenvalue weighted by molar-refractivity contribution is 5.80. The number of carboxylic acid groups (broad SMARTS) is 1. The number of nitrogens with one attached hydrogen (secondary N) is 1. The predicted molar refractivity (Wildman–Crippen MR) is 68.7 cm³/mol. The number of ether oxygens (including phenoxy) is 1. The van der Waals surface area contributed by atoms with Gasteiger partial charge in [-0.05, 0) is 19.3 Å². The van der Waals surface area contributed by atoms with Crippen molar-refractivity contribution < 1.29 is 24.2 Å². The molecule has 0 fully saturated rings. The van der Waals surface area contributed by atoms with Gasteiger partial charge in [0.15, 0.2) is 0 Å². The van der Waals surface area contributed by atoms with E-state index in [1.54, 1.807) is 6.92 Å². The van der Waals surface area contributed by atoms with Gasteiger partial charge < -0.3 is 20.1 Å². The summed E-state index contributed by atoms with van der Waals surface area (Å²) in [5, 5.41) is 11.2. The van der Waals surface area contributed by atoms with Crippen LogP contribution in [0.3, 0.4) is 0 Å². The Kier molecular flexibility index (Phi) is 8.32. The van der Waals surface area contributed by atoms with E-state index in [1.807, 2.05) is 6.92 Å². The number of amides is 2. The average Bonchev–Trinajstić information content (AvgIpc) is 2.33. The van der Waals surface area contributed by atoms with Crippen molar-refractivity contribution in [3.05, 3.63) is 0 Å². The van der Waals surface area contributed by atoms with Crippen molar-refractivity contribution in [2.75, 3.05) is 26.7 Å². The van der Waals surface area contributed by atoms with Crippen molar-refractivity contribution >= 4 is 18.0 Å². The van der Waals surface area contributed by atoms with E-state index >= 15 is 0 Å². The number of hydrogen-bond acceptors (Lipinski definition) is 4. The molecular formula is C12H22N2O5. The van der Waals surface area contributed by atoms with Crippen LogP contribution in [0.15, 0.2) is 0 Å². The molecule has 0 aromatic heterocycles. The molecule has 7 heteroatoms. The third-order valence-corrected chi connectivity index (χ3v) is 2.47. The molecule has 0 aromatic carbocycles. The summed E-state index contributed by atoms with van der Waals surface area (Å²) in [4.78, 5) is 34.4. The minimum Gasteiger partial charge on any atom is -0.481 e. The quantitative estimate of drug-likeness (QED) is 0.635. The summed E-state index contributed by atoms with van der Waals surface area (Å²) >= 11 is 0. The Balaban J connectivity index is 3.89. The molecular weight excluding hydrogens is 252 g/mol. The molecule has 0 rings (SSSR count). The van der Waals surface area contributed by atoms with Crippen molar-refractivity contribution in [3.8, 4) is 0 Å². The van der Waals surface area contributed by atoms with E-state index in [2.05, 4.69) is 5.32 Å². The second-order valence-electron chi connectivity index (χ2n) is 4.38. The summed E-state index contributed by atoms with van der Waals surface area (Å²) in [6.07, 6.45) is 0.576. The van der Waals surface area contributed by atoms with E-state index in [1.165, 1.54) is 11.9 Å². The molecule has 1 atom stereocenters. The minimum atomic E-state index is -0.849. The van der Waals surface area contributed by atoms with E-state index in [0.29, 0.717) is 13.0 Å². The van der Waals surface area contributed by atoms with Crippen LogP contribution in [0, 0.1) is 5.92 Å². The first-order chi connectivity index (χ1) is 8.86. The highest BCUT2D eigenvalue weighted by Crippen LogP contribution is 2.04. The van der Waals surface area contributed by atoms with Crippen LogP contribution in [0.1, 0.15) is 26.7 Å². The third kappa shape index (κ3) is 8.87. The van der Waals surface area contributed by atoms with Gasteiger partial charge in [-0.2, -0.15) is 0 Å². The van der Waals surface area contributed by atoms with Gasteiger partial charge in [-0.3, -0.25) is 9.59 Å². The number of hydrogen-bond donors (Lipinski definition) is 2. The van der Waals surface area contributed by atoms with Crippen LogP contribution in [0.5, 0.6) is 0 Å². The van der Waals surface area contributed by atoms with Gasteiger partial charge in [-0.15, -0.1) is 0 Å². The maximum absolute atomic E-state index is 11.6. The monoisotopic (exact) mass is 274 g/mol. The standard InChI is InChI=1S/C12H22N2O5/c1-4-19-11(17)8-14(3)12(18)13-7-9(2)5-6-10(15)16/h9H,4-8H2,1-3H3,(H,13,18)(H,15,16). The van der Waals surface area contributed by atoms with Crippen molar-refractivity contribution in [1.82, 2.24) is 10.2 Å². The molecule has 2 amide bonds. The topological polar surface area (TPSA) is 95.9 Å². The summed E-state index contributed by atoms with van der Waals surface area (Å²) < 4.78 is 4.73. The van der Waals surface area contributed by atoms with Crippen LogP contribution in [0.4, 0.5) is 4.79 Å². The van der Waals surface area contributed by atoms with Crippen molar-refractivity contribution in [2.45, 2.75) is 26.7 Å². The van der Waals surface area contributed by atoms with Crippen LogP contribution < -0.4 is 5.32 Å². The predicted octanol–water partition coefficient (Wildman–Crippen LogP) is 0.692. The van der Waals surface area contributed by atoms with Gasteiger partial charge in [0, 0.05) is 20.0 Å². The fourth-order valence-corrected chi connectivity index (χ4v) is 1.34. The first-order valence-corrected chi connectivity index (χ1v) is 6.23. The van der Waals surface area contributed by atoms with Gasteiger partial charge in [0.2, 0.25) is 0 Å². The molecule has 0 aliphatic rings. The maximum atomic E-state index is 11.6. The normalized spacial score (nSPS) is 11.5. The van der Waals surface area contributed by atoms with Crippen LogP contribution in [-0.4, -0.2) is 54.7 Å². The first kappa shape index (κ1) is 17.2. The summed E-state index contributed by atoms with van der Waals surface area (Å²) in [6.45, 7) is 4.10. The third-order valence-electron chi connectivity index (χ3n) is 2.47. The Morgan fingerprint density at radius 3 is 2.53 bits per heavy atom. The molecule has 2 N–H and O–H groups in total. The number of nitrogens with zero attached hydrogens (tertiary/aromatic N) is 1. The van der Waals surface area contributed by atoms with Crippen LogP contribution in [0.2, 0.25) is 0 Å². The zero-order valence-electron chi connectivity index (χ0n) is 11.6. The van der Waals surface area contributed by atoms with Crippen molar-refractivity contribution in [3.63, 3.8) is 0 Å². The molecule has 0 aromatic rings. The van der Waals surface area contributed by atoms with E-state index in [9.17, 15) is 14.4 Å². The number of rotatable bonds is 8. The average molecular weight is 274 g/mol. The Hall–Kier alpha value is -1.79. The highest BCUT2D eigenvalue weighted by atomic mass is 16.5. The fraction of sp³-hybridized carbons (Fsp3) is 0.750. The molecule has 110 valence electrons. The Morgan fingerprint density at radius 2 is 2.00 bits per heavy atom. The van der Waals surface area contributed by atoms with E-state index in [4.69, 9.17) is 9.84 Å². The number of likely N-dealkylation sites (N-methyl/N-ethyl adjacent to an activating group) is 1. The molecule has 0 aliphatic heterocycles. The lowest BCUT2D eigenvalue weighted by atomic mass is 10.1. The molecule has 0 saturated carbocycles. The zero-order chi connectivity index (χ0) is 14.8. The molecule has 0 aliphatic carbocycles. The van der Waals surface area contributed by atoms with Gasteiger partial charge >= 0.3 is 18.0 Å². The molecule has 19 heavy (non-hydrogen) atoms. The number of esters is 1. The van der Waals surface area contributed by atoms with E-state index < -0.39 is 11.9 Å². The minimum absolute atomic E-state index is 0.0658. The molecule has 0 bridgehead atoms. The lowest BCUT2D eigenvalue weighted by molar-refractivity contribution is -0.143. The number of carboxylic acids is 1. The lowest BCUT2D eigenvalue weighted by Crippen LogP contribution is -2.42. The Morgan fingerprint density at radius 1 is 1.37 bits per heavy atom. The fourth-order valence-electron chi connectivity index (χ4n) is 1.34. The van der Waals surface area contributed by atoms with Gasteiger partial charge in [0.1, 0.15) is 6.54 Å². The smallest absolute Gasteiger partial charge is 0.325 e. The second kappa shape index (κ2) is 9.18. The number of urea groups is 1. The van der Waals surface area contributed by atoms with E-state index in [0.717, 1.165) is 0 Å². The summed E-state index contributed by atoms with van der Waals surface area (Å²) in [5.41, 5.74) is 0. The highest BCUT2D eigenvalue weighted by Gasteiger charge is 2.14. The largest absolute Gasteiger partial charge is 0.481 e. The second-order valence-corrected chi connectivity index (χ2v) is 4.38. The molecule has 0 saturated heterocycles. The Bertz CT molecular complexity index is 319. The van der Waals surface area contributed by atoms with Crippen molar-refractivity contribution in [1.29, 1.82) is 0 Å². The van der Waals surface area contributed by atoms with Gasteiger partial charge in [0.25, 0.3) is 0 Å².